The number of hydrogen-bond donors (Lipinski definition) is 2. The van der Waals surface area contributed by atoms with Crippen LogP contribution in [0.2, 0.25) is 0 Å². The third-order valence-electron chi connectivity index (χ3n) is 4.39. The van der Waals surface area contributed by atoms with Crippen molar-refractivity contribution in [3.63, 3.8) is 0 Å². The predicted octanol–water partition coefficient (Wildman–Crippen LogP) is 0.716. The van der Waals surface area contributed by atoms with E-state index < -0.39 is 18.3 Å². The average Bonchev–Trinajstić information content (AvgIpc) is 2.72. The molecule has 0 aromatic heterocycles. The Labute approximate surface area is 137 Å². The summed E-state index contributed by atoms with van der Waals surface area (Å²) in [5.74, 6) is 0.148. The summed E-state index contributed by atoms with van der Waals surface area (Å²) in [6.45, 7) is 7.97. The summed E-state index contributed by atoms with van der Waals surface area (Å²) >= 11 is 0. The van der Waals surface area contributed by atoms with Gasteiger partial charge in [-0.25, -0.2) is 0 Å². The number of ether oxygens (including phenoxy) is 1. The first kappa shape index (κ1) is 17.8. The second kappa shape index (κ2) is 6.51. The fraction of sp³-hybridized carbons (Fsp3) is 0.562. The number of carbonyl (C=O) groups is 1. The van der Waals surface area contributed by atoms with Crippen molar-refractivity contribution in [3.05, 3.63) is 23.8 Å². The van der Waals surface area contributed by atoms with Gasteiger partial charge in [-0.2, -0.15) is 0 Å². The molecule has 0 radical (unpaired) electrons. The van der Waals surface area contributed by atoms with E-state index in [0.717, 1.165) is 5.46 Å². The van der Waals surface area contributed by atoms with Crippen molar-refractivity contribution in [2.75, 3.05) is 20.3 Å². The summed E-state index contributed by atoms with van der Waals surface area (Å²) in [6.07, 6.45) is 0. The molecule has 7 heteroatoms. The van der Waals surface area contributed by atoms with E-state index in [9.17, 15) is 4.79 Å². The highest BCUT2D eigenvalue weighted by Gasteiger charge is 2.51. The minimum Gasteiger partial charge on any atom is -0.496 e. The highest BCUT2D eigenvalue weighted by molar-refractivity contribution is 6.62. The highest BCUT2D eigenvalue weighted by atomic mass is 16.7. The van der Waals surface area contributed by atoms with Gasteiger partial charge in [-0.15, -0.1) is 0 Å². The van der Waals surface area contributed by atoms with Crippen LogP contribution in [0.4, 0.5) is 0 Å². The van der Waals surface area contributed by atoms with Crippen molar-refractivity contribution in [2.24, 2.45) is 0 Å². The van der Waals surface area contributed by atoms with Crippen molar-refractivity contribution in [2.45, 2.75) is 38.9 Å². The average molecular weight is 321 g/mol. The third kappa shape index (κ3) is 3.52. The van der Waals surface area contributed by atoms with Crippen LogP contribution in [0.5, 0.6) is 5.75 Å². The monoisotopic (exact) mass is 321 g/mol. The second-order valence-corrected chi connectivity index (χ2v) is 6.53. The molecule has 1 aliphatic rings. The number of aliphatic hydroxyl groups excluding tert-OH is 1. The van der Waals surface area contributed by atoms with Gasteiger partial charge in [0.25, 0.3) is 5.91 Å². The summed E-state index contributed by atoms with van der Waals surface area (Å²) in [4.78, 5) is 12.2. The smallest absolute Gasteiger partial charge is 0.494 e. The molecule has 0 bridgehead atoms. The number of aliphatic hydroxyl groups is 1. The van der Waals surface area contributed by atoms with Crippen molar-refractivity contribution < 1.29 is 23.9 Å². The molecule has 2 rings (SSSR count). The molecule has 1 aromatic rings. The normalized spacial score (nSPS) is 18.8. The fourth-order valence-electron chi connectivity index (χ4n) is 2.29. The maximum atomic E-state index is 12.2. The molecule has 23 heavy (non-hydrogen) atoms. The van der Waals surface area contributed by atoms with E-state index >= 15 is 0 Å². The molecule has 1 aliphatic heterocycles. The molecular weight excluding hydrogens is 297 g/mol. The van der Waals surface area contributed by atoms with Crippen LogP contribution in [0.3, 0.4) is 0 Å². The zero-order valence-corrected chi connectivity index (χ0v) is 14.3. The van der Waals surface area contributed by atoms with Gasteiger partial charge in [0.1, 0.15) is 5.75 Å². The van der Waals surface area contributed by atoms with Gasteiger partial charge in [-0.1, -0.05) is 6.07 Å². The van der Waals surface area contributed by atoms with Crippen LogP contribution < -0.4 is 15.5 Å². The number of benzene rings is 1. The highest BCUT2D eigenvalue weighted by Crippen LogP contribution is 2.36. The maximum absolute atomic E-state index is 12.2. The number of nitrogens with one attached hydrogen (secondary N) is 1. The van der Waals surface area contributed by atoms with Gasteiger partial charge in [0.2, 0.25) is 0 Å². The Morgan fingerprint density at radius 3 is 2.39 bits per heavy atom. The standard InChI is InChI=1S/C16H24BNO5/c1-15(2)16(3,4)23-17(22-15)11-6-7-13(21-5)12(10-11)14(20)18-8-9-19/h6-7,10,19H,8-9H2,1-5H3,(H,18,20). The van der Waals surface area contributed by atoms with Gasteiger partial charge in [0, 0.05) is 6.54 Å². The SMILES string of the molecule is COc1ccc(B2OC(C)(C)C(C)(C)O2)cc1C(=O)NCCO. The van der Waals surface area contributed by atoms with Crippen molar-refractivity contribution in [3.8, 4) is 5.75 Å². The van der Waals surface area contributed by atoms with Crippen molar-refractivity contribution in [1.29, 1.82) is 0 Å². The molecule has 1 fully saturated rings. The van der Waals surface area contributed by atoms with Gasteiger partial charge >= 0.3 is 7.12 Å². The molecule has 1 amide bonds. The van der Waals surface area contributed by atoms with E-state index in [1.54, 1.807) is 12.1 Å². The minimum absolute atomic E-state index is 0.120. The predicted molar refractivity (Wildman–Crippen MR) is 88.1 cm³/mol. The molecule has 0 saturated carbocycles. The quantitative estimate of drug-likeness (QED) is 0.782. The first-order chi connectivity index (χ1) is 10.7. The van der Waals surface area contributed by atoms with Crippen LogP contribution in [-0.4, -0.2) is 49.6 Å². The van der Waals surface area contributed by atoms with E-state index in [2.05, 4.69) is 5.32 Å². The molecule has 6 nitrogen and oxygen atoms in total. The molecule has 0 spiro atoms. The first-order valence-electron chi connectivity index (χ1n) is 7.64. The Hall–Kier alpha value is -1.57. The van der Waals surface area contributed by atoms with Crippen molar-refractivity contribution in [1.82, 2.24) is 5.32 Å². The summed E-state index contributed by atoms with van der Waals surface area (Å²) in [5, 5.41) is 11.5. The lowest BCUT2D eigenvalue weighted by Crippen LogP contribution is -2.41. The Morgan fingerprint density at radius 2 is 1.87 bits per heavy atom. The molecule has 1 heterocycles. The Morgan fingerprint density at radius 1 is 1.26 bits per heavy atom. The number of carbonyl (C=O) groups excluding carboxylic acids is 1. The van der Waals surface area contributed by atoms with Gasteiger partial charge in [0.15, 0.2) is 0 Å². The molecule has 126 valence electrons. The molecule has 0 atom stereocenters. The zero-order chi connectivity index (χ0) is 17.3. The molecular formula is C16H24BNO5. The molecule has 1 saturated heterocycles. The topological polar surface area (TPSA) is 77.0 Å². The number of amides is 1. The number of methoxy groups -OCH3 is 1. The lowest BCUT2D eigenvalue weighted by Gasteiger charge is -2.32. The van der Waals surface area contributed by atoms with Gasteiger partial charge in [-0.05, 0) is 45.3 Å². The number of hydrogen-bond acceptors (Lipinski definition) is 5. The van der Waals surface area contributed by atoms with Crippen LogP contribution in [0, 0.1) is 0 Å². The van der Waals surface area contributed by atoms with Crippen LogP contribution in [0.15, 0.2) is 18.2 Å². The summed E-state index contributed by atoms with van der Waals surface area (Å²) in [7, 11) is 0.961. The second-order valence-electron chi connectivity index (χ2n) is 6.53. The summed E-state index contributed by atoms with van der Waals surface area (Å²) in [5.41, 5.74) is 0.236. The van der Waals surface area contributed by atoms with Gasteiger partial charge in [0.05, 0.1) is 30.5 Å². The van der Waals surface area contributed by atoms with Crippen molar-refractivity contribution >= 4 is 18.5 Å². The minimum atomic E-state index is -0.546. The van der Waals surface area contributed by atoms with E-state index in [0.29, 0.717) is 11.3 Å². The van der Waals surface area contributed by atoms with Crippen LogP contribution in [-0.2, 0) is 9.31 Å². The third-order valence-corrected chi connectivity index (χ3v) is 4.39. The lowest BCUT2D eigenvalue weighted by atomic mass is 9.78. The molecule has 1 aromatic carbocycles. The summed E-state index contributed by atoms with van der Waals surface area (Å²) < 4.78 is 17.3. The number of rotatable bonds is 5. The van der Waals surface area contributed by atoms with E-state index in [1.807, 2.05) is 33.8 Å². The summed E-state index contributed by atoms with van der Waals surface area (Å²) in [6, 6.07) is 5.24. The Bertz CT molecular complexity index is 572. The van der Waals surface area contributed by atoms with Gasteiger partial charge in [-0.3, -0.25) is 4.79 Å². The zero-order valence-electron chi connectivity index (χ0n) is 14.3. The lowest BCUT2D eigenvalue weighted by molar-refractivity contribution is 0.00578. The molecule has 0 aliphatic carbocycles. The Balaban J connectivity index is 2.30. The Kier molecular flexibility index (Phi) is 5.03. The maximum Gasteiger partial charge on any atom is 0.494 e. The van der Waals surface area contributed by atoms with Crippen LogP contribution >= 0.6 is 0 Å². The van der Waals surface area contributed by atoms with E-state index in [1.165, 1.54) is 7.11 Å². The van der Waals surface area contributed by atoms with Crippen LogP contribution in [0.25, 0.3) is 0 Å². The van der Waals surface area contributed by atoms with Crippen LogP contribution in [0.1, 0.15) is 38.1 Å². The largest absolute Gasteiger partial charge is 0.496 e. The first-order valence-corrected chi connectivity index (χ1v) is 7.64. The van der Waals surface area contributed by atoms with Gasteiger partial charge < -0.3 is 24.5 Å². The van der Waals surface area contributed by atoms with E-state index in [-0.39, 0.29) is 19.1 Å². The fourth-order valence-corrected chi connectivity index (χ4v) is 2.29. The molecule has 2 N–H and O–H groups in total. The molecule has 0 unspecified atom stereocenters. The van der Waals surface area contributed by atoms with E-state index in [4.69, 9.17) is 19.2 Å².